The van der Waals surface area contributed by atoms with Crippen molar-refractivity contribution in [3.8, 4) is 0 Å². The summed E-state index contributed by atoms with van der Waals surface area (Å²) in [5.41, 5.74) is 3.13. The molecule has 104 valence electrons. The zero-order valence-electron chi connectivity index (χ0n) is 11.9. The average Bonchev–Trinajstić information content (AvgIpc) is 2.84. The fourth-order valence-corrected chi connectivity index (χ4v) is 2.17. The molecule has 0 atom stereocenters. The van der Waals surface area contributed by atoms with E-state index < -0.39 is 0 Å². The molecule has 0 saturated heterocycles. The number of carbonyl (C=O) groups excluding carboxylic acids is 1. The van der Waals surface area contributed by atoms with Crippen LogP contribution >= 0.6 is 0 Å². The molecule has 0 fully saturated rings. The molecule has 0 radical (unpaired) electrons. The van der Waals surface area contributed by atoms with Gasteiger partial charge in [-0.2, -0.15) is 0 Å². The van der Waals surface area contributed by atoms with Crippen LogP contribution in [0.2, 0.25) is 0 Å². The molecule has 1 aromatic rings. The molecule has 19 heavy (non-hydrogen) atoms. The molecule has 0 aromatic heterocycles. The first-order chi connectivity index (χ1) is 9.08. The second-order valence-corrected chi connectivity index (χ2v) is 5.19. The first-order valence-corrected chi connectivity index (χ1v) is 6.82. The Labute approximate surface area is 114 Å². The minimum Gasteiger partial charge on any atom is -0.384 e. The molecule has 2 rings (SSSR count). The Morgan fingerprint density at radius 1 is 1.47 bits per heavy atom. The highest BCUT2D eigenvalue weighted by atomic mass is 16.5. The molecule has 0 aliphatic carbocycles. The lowest BCUT2D eigenvalue weighted by Gasteiger charge is -2.18. The van der Waals surface area contributed by atoms with Gasteiger partial charge in [-0.25, -0.2) is 0 Å². The van der Waals surface area contributed by atoms with E-state index >= 15 is 0 Å². The number of rotatable bonds is 5. The number of likely N-dealkylation sites (N-methyl/N-ethyl adjacent to an activating group) is 1. The highest BCUT2D eigenvalue weighted by Gasteiger charge is 2.16. The van der Waals surface area contributed by atoms with Gasteiger partial charge in [-0.15, -0.1) is 0 Å². The molecular formula is C15H22N2O2. The largest absolute Gasteiger partial charge is 0.384 e. The van der Waals surface area contributed by atoms with Gasteiger partial charge in [-0.05, 0) is 38.0 Å². The molecule has 0 spiro atoms. The third-order valence-electron chi connectivity index (χ3n) is 3.29. The molecule has 1 aliphatic heterocycles. The Morgan fingerprint density at radius 2 is 2.26 bits per heavy atom. The minimum absolute atomic E-state index is 0.0452. The molecule has 1 heterocycles. The summed E-state index contributed by atoms with van der Waals surface area (Å²) in [6.07, 6.45) is 1.25. The second-order valence-electron chi connectivity index (χ2n) is 5.19. The van der Waals surface area contributed by atoms with Crippen molar-refractivity contribution >= 4 is 11.6 Å². The predicted octanol–water partition coefficient (Wildman–Crippen LogP) is 2.15. The van der Waals surface area contributed by atoms with Gasteiger partial charge >= 0.3 is 0 Å². The number of hydrogen-bond donors (Lipinski definition) is 1. The Morgan fingerprint density at radius 3 is 3.00 bits per heavy atom. The number of benzene rings is 1. The number of nitrogens with one attached hydrogen (secondary N) is 1. The van der Waals surface area contributed by atoms with Crippen molar-refractivity contribution in [2.24, 2.45) is 0 Å². The summed E-state index contributed by atoms with van der Waals surface area (Å²) in [7, 11) is 1.81. The van der Waals surface area contributed by atoms with Crippen LogP contribution in [-0.2, 0) is 11.2 Å². The number of carbonyl (C=O) groups is 1. The van der Waals surface area contributed by atoms with Crippen LogP contribution in [0.25, 0.3) is 0 Å². The van der Waals surface area contributed by atoms with E-state index in [2.05, 4.69) is 5.32 Å². The summed E-state index contributed by atoms with van der Waals surface area (Å²) in [6, 6.07) is 5.90. The average molecular weight is 262 g/mol. The highest BCUT2D eigenvalue weighted by Crippen LogP contribution is 2.23. The first kappa shape index (κ1) is 13.9. The van der Waals surface area contributed by atoms with E-state index in [0.29, 0.717) is 13.2 Å². The smallest absolute Gasteiger partial charge is 0.253 e. The molecule has 1 amide bonds. The molecular weight excluding hydrogens is 240 g/mol. The molecule has 0 bridgehead atoms. The summed E-state index contributed by atoms with van der Waals surface area (Å²) in [6.45, 7) is 6.14. The summed E-state index contributed by atoms with van der Waals surface area (Å²) < 4.78 is 5.47. The Balaban J connectivity index is 1.95. The monoisotopic (exact) mass is 262 g/mol. The summed E-state index contributed by atoms with van der Waals surface area (Å²) in [5, 5.41) is 3.30. The minimum atomic E-state index is 0.0452. The Bertz CT molecular complexity index is 457. The van der Waals surface area contributed by atoms with Gasteiger partial charge in [0.05, 0.1) is 12.7 Å². The number of nitrogens with zero attached hydrogens (tertiary/aromatic N) is 1. The van der Waals surface area contributed by atoms with Gasteiger partial charge in [-0.1, -0.05) is 6.07 Å². The van der Waals surface area contributed by atoms with Crippen LogP contribution in [0.15, 0.2) is 18.2 Å². The van der Waals surface area contributed by atoms with E-state index in [1.807, 2.05) is 39.1 Å². The van der Waals surface area contributed by atoms with E-state index in [-0.39, 0.29) is 12.0 Å². The van der Waals surface area contributed by atoms with Crippen molar-refractivity contribution in [1.29, 1.82) is 0 Å². The molecule has 1 aromatic carbocycles. The molecule has 0 saturated carbocycles. The third-order valence-corrected chi connectivity index (χ3v) is 3.29. The highest BCUT2D eigenvalue weighted by molar-refractivity contribution is 5.95. The van der Waals surface area contributed by atoms with Crippen LogP contribution in [0, 0.1) is 0 Å². The van der Waals surface area contributed by atoms with Crippen LogP contribution in [-0.4, -0.2) is 43.7 Å². The summed E-state index contributed by atoms with van der Waals surface area (Å²) in [4.78, 5) is 14.0. The van der Waals surface area contributed by atoms with Crippen molar-refractivity contribution in [2.45, 2.75) is 26.4 Å². The van der Waals surface area contributed by atoms with Crippen LogP contribution in [0.3, 0.4) is 0 Å². The molecule has 4 nitrogen and oxygen atoms in total. The number of hydrogen-bond acceptors (Lipinski definition) is 3. The normalized spacial score (nSPS) is 13.3. The van der Waals surface area contributed by atoms with Crippen molar-refractivity contribution in [3.63, 3.8) is 0 Å². The summed E-state index contributed by atoms with van der Waals surface area (Å²) >= 11 is 0. The van der Waals surface area contributed by atoms with Gasteiger partial charge < -0.3 is 15.0 Å². The van der Waals surface area contributed by atoms with Crippen molar-refractivity contribution in [3.05, 3.63) is 29.3 Å². The van der Waals surface area contributed by atoms with E-state index in [4.69, 9.17) is 4.74 Å². The quantitative estimate of drug-likeness (QED) is 0.884. The zero-order chi connectivity index (χ0) is 13.8. The third kappa shape index (κ3) is 3.47. The lowest BCUT2D eigenvalue weighted by Crippen LogP contribution is -2.30. The van der Waals surface area contributed by atoms with Crippen LogP contribution in [0.5, 0.6) is 0 Å². The van der Waals surface area contributed by atoms with Crippen molar-refractivity contribution in [2.75, 3.05) is 32.1 Å². The fraction of sp³-hybridized carbons (Fsp3) is 0.533. The van der Waals surface area contributed by atoms with E-state index in [1.54, 1.807) is 4.90 Å². The topological polar surface area (TPSA) is 41.6 Å². The van der Waals surface area contributed by atoms with Gasteiger partial charge in [0.25, 0.3) is 5.91 Å². The van der Waals surface area contributed by atoms with E-state index in [1.165, 1.54) is 5.56 Å². The standard InChI is InChI=1S/C15H22N2O2/c1-11(2)19-9-8-17(3)15(18)13-5-4-12-6-7-16-14(12)10-13/h4-5,10-11,16H,6-9H2,1-3H3. The van der Waals surface area contributed by atoms with Crippen LogP contribution in [0.1, 0.15) is 29.8 Å². The zero-order valence-corrected chi connectivity index (χ0v) is 11.9. The van der Waals surface area contributed by atoms with Crippen LogP contribution in [0.4, 0.5) is 5.69 Å². The second kappa shape index (κ2) is 6.06. The number of anilines is 1. The predicted molar refractivity (Wildman–Crippen MR) is 76.7 cm³/mol. The maximum Gasteiger partial charge on any atom is 0.253 e. The number of amides is 1. The molecule has 1 N–H and O–H groups in total. The SMILES string of the molecule is CC(C)OCCN(C)C(=O)c1ccc2c(c1)NCC2. The molecule has 1 aliphatic rings. The number of fused-ring (bicyclic) bond motifs is 1. The van der Waals surface area contributed by atoms with Crippen LogP contribution < -0.4 is 5.32 Å². The van der Waals surface area contributed by atoms with Crippen molar-refractivity contribution in [1.82, 2.24) is 4.90 Å². The van der Waals surface area contributed by atoms with Crippen molar-refractivity contribution < 1.29 is 9.53 Å². The Kier molecular flexibility index (Phi) is 4.43. The number of ether oxygens (including phenoxy) is 1. The Hall–Kier alpha value is -1.55. The maximum absolute atomic E-state index is 12.3. The lowest BCUT2D eigenvalue weighted by atomic mass is 10.1. The maximum atomic E-state index is 12.3. The van der Waals surface area contributed by atoms with Gasteiger partial charge in [-0.3, -0.25) is 4.79 Å². The first-order valence-electron chi connectivity index (χ1n) is 6.82. The molecule has 4 heteroatoms. The lowest BCUT2D eigenvalue weighted by molar-refractivity contribution is 0.0532. The van der Waals surface area contributed by atoms with Gasteiger partial charge in [0.1, 0.15) is 0 Å². The fourth-order valence-electron chi connectivity index (χ4n) is 2.17. The summed E-state index contributed by atoms with van der Waals surface area (Å²) in [5.74, 6) is 0.0452. The van der Waals surface area contributed by atoms with E-state index in [9.17, 15) is 4.79 Å². The molecule has 0 unspecified atom stereocenters. The van der Waals surface area contributed by atoms with Gasteiger partial charge in [0.15, 0.2) is 0 Å². The van der Waals surface area contributed by atoms with Gasteiger partial charge in [0.2, 0.25) is 0 Å². The van der Waals surface area contributed by atoms with Gasteiger partial charge in [0, 0.05) is 31.4 Å². The van der Waals surface area contributed by atoms with E-state index in [0.717, 1.165) is 24.2 Å².